The standard InChI is InChI=1S/C22H13BrClFN2O3/c23-14-5-3-12(4-6-14)20(28)18-19(13-2-1-9-26-11-13)27(22(30)21(18)29)15-7-8-17(25)16(24)10-15/h1-11,19,28H/b20-18+. The molecule has 1 unspecified atom stereocenters. The van der Waals surface area contributed by atoms with Gasteiger partial charge in [0.05, 0.1) is 16.6 Å². The van der Waals surface area contributed by atoms with E-state index in [9.17, 15) is 19.1 Å². The second-order valence-corrected chi connectivity index (χ2v) is 7.88. The number of hydrogen-bond acceptors (Lipinski definition) is 4. The number of amides is 1. The van der Waals surface area contributed by atoms with Crippen LogP contribution < -0.4 is 4.90 Å². The van der Waals surface area contributed by atoms with Crippen LogP contribution in [0.5, 0.6) is 0 Å². The second kappa shape index (κ2) is 8.01. The van der Waals surface area contributed by atoms with Crippen molar-refractivity contribution in [3.63, 3.8) is 0 Å². The molecule has 1 fully saturated rings. The molecule has 1 amide bonds. The van der Waals surface area contributed by atoms with Crippen molar-refractivity contribution in [3.8, 4) is 0 Å². The minimum absolute atomic E-state index is 0.0873. The molecule has 4 rings (SSSR count). The van der Waals surface area contributed by atoms with Crippen molar-refractivity contribution in [1.29, 1.82) is 0 Å². The van der Waals surface area contributed by atoms with E-state index in [1.54, 1.807) is 42.6 Å². The maximum Gasteiger partial charge on any atom is 0.300 e. The van der Waals surface area contributed by atoms with E-state index >= 15 is 0 Å². The molecular formula is C22H13BrClFN2O3. The molecule has 5 nitrogen and oxygen atoms in total. The van der Waals surface area contributed by atoms with E-state index in [1.807, 2.05) is 0 Å². The maximum atomic E-state index is 13.7. The molecule has 1 atom stereocenters. The van der Waals surface area contributed by atoms with Gasteiger partial charge in [-0.2, -0.15) is 0 Å². The molecule has 1 aliphatic heterocycles. The first kappa shape index (κ1) is 20.3. The summed E-state index contributed by atoms with van der Waals surface area (Å²) in [5.74, 6) is -2.68. The third-order valence-electron chi connectivity index (χ3n) is 4.74. The highest BCUT2D eigenvalue weighted by atomic mass is 79.9. The Bertz CT molecular complexity index is 1180. The lowest BCUT2D eigenvalue weighted by Crippen LogP contribution is -2.29. The normalized spacial score (nSPS) is 18.1. The van der Waals surface area contributed by atoms with Crippen LogP contribution in [0.3, 0.4) is 0 Å². The molecule has 0 aliphatic carbocycles. The fraction of sp³-hybridized carbons (Fsp3) is 0.0455. The molecule has 3 aromatic rings. The van der Waals surface area contributed by atoms with Gasteiger partial charge in [-0.15, -0.1) is 0 Å². The van der Waals surface area contributed by atoms with E-state index in [2.05, 4.69) is 20.9 Å². The first-order chi connectivity index (χ1) is 14.4. The van der Waals surface area contributed by atoms with Gasteiger partial charge in [-0.1, -0.05) is 45.7 Å². The van der Waals surface area contributed by atoms with Crippen LogP contribution in [0, 0.1) is 5.82 Å². The number of aromatic nitrogens is 1. The zero-order valence-corrected chi connectivity index (χ0v) is 17.6. The molecule has 0 saturated carbocycles. The van der Waals surface area contributed by atoms with Gasteiger partial charge in [0.2, 0.25) is 0 Å². The van der Waals surface area contributed by atoms with Crippen molar-refractivity contribution in [3.05, 3.63) is 99.0 Å². The van der Waals surface area contributed by atoms with Crippen LogP contribution in [0.15, 0.2) is 77.0 Å². The Hall–Kier alpha value is -3.03. The Morgan fingerprint density at radius 3 is 2.50 bits per heavy atom. The van der Waals surface area contributed by atoms with E-state index in [4.69, 9.17) is 11.6 Å². The van der Waals surface area contributed by atoms with Crippen LogP contribution in [0.1, 0.15) is 17.2 Å². The smallest absolute Gasteiger partial charge is 0.300 e. The number of benzene rings is 2. The Labute approximate surface area is 184 Å². The summed E-state index contributed by atoms with van der Waals surface area (Å²) in [6.45, 7) is 0. The predicted octanol–water partition coefficient (Wildman–Crippen LogP) is 5.26. The van der Waals surface area contributed by atoms with E-state index in [0.29, 0.717) is 11.1 Å². The van der Waals surface area contributed by atoms with Crippen LogP contribution in [0.25, 0.3) is 5.76 Å². The molecule has 150 valence electrons. The lowest BCUT2D eigenvalue weighted by molar-refractivity contribution is -0.132. The summed E-state index contributed by atoms with van der Waals surface area (Å²) in [7, 11) is 0. The minimum Gasteiger partial charge on any atom is -0.507 e. The summed E-state index contributed by atoms with van der Waals surface area (Å²) in [4.78, 5) is 31.2. The van der Waals surface area contributed by atoms with Gasteiger partial charge in [0.25, 0.3) is 11.7 Å². The molecule has 1 N–H and O–H groups in total. The zero-order valence-electron chi connectivity index (χ0n) is 15.2. The molecular weight excluding hydrogens is 475 g/mol. The van der Waals surface area contributed by atoms with Crippen molar-refractivity contribution >= 4 is 50.7 Å². The van der Waals surface area contributed by atoms with E-state index in [0.717, 1.165) is 10.5 Å². The average Bonchev–Trinajstić information content (AvgIpc) is 3.01. The molecule has 8 heteroatoms. The van der Waals surface area contributed by atoms with E-state index < -0.39 is 23.5 Å². The number of carbonyl (C=O) groups excluding carboxylic acids is 2. The number of halogens is 3. The Morgan fingerprint density at radius 1 is 1.13 bits per heavy atom. The van der Waals surface area contributed by atoms with Gasteiger partial charge in [0.1, 0.15) is 11.6 Å². The number of pyridine rings is 1. The quantitative estimate of drug-likeness (QED) is 0.311. The largest absolute Gasteiger partial charge is 0.507 e. The average molecular weight is 488 g/mol. The molecule has 2 heterocycles. The summed E-state index contributed by atoms with van der Waals surface area (Å²) in [5.41, 5.74) is 1.03. The minimum atomic E-state index is -0.955. The number of rotatable bonds is 3. The van der Waals surface area contributed by atoms with Gasteiger partial charge in [-0.3, -0.25) is 19.5 Å². The van der Waals surface area contributed by atoms with Gasteiger partial charge in [0.15, 0.2) is 0 Å². The third kappa shape index (κ3) is 3.51. The highest BCUT2D eigenvalue weighted by molar-refractivity contribution is 9.10. The first-order valence-corrected chi connectivity index (χ1v) is 9.97. The number of hydrogen-bond donors (Lipinski definition) is 1. The number of carbonyl (C=O) groups is 2. The predicted molar refractivity (Wildman–Crippen MR) is 115 cm³/mol. The van der Waals surface area contributed by atoms with Gasteiger partial charge >= 0.3 is 0 Å². The molecule has 1 aliphatic rings. The topological polar surface area (TPSA) is 70.5 Å². The van der Waals surface area contributed by atoms with Gasteiger partial charge in [0, 0.05) is 28.1 Å². The SMILES string of the molecule is O=C1C(=O)N(c2ccc(F)c(Cl)c2)C(c2cccnc2)/C1=C(\O)c1ccc(Br)cc1. The van der Waals surface area contributed by atoms with Crippen molar-refractivity contribution < 1.29 is 19.1 Å². The highest BCUT2D eigenvalue weighted by Crippen LogP contribution is 2.42. The number of aliphatic hydroxyl groups is 1. The number of ketones is 1. The summed E-state index contributed by atoms with van der Waals surface area (Å²) in [5, 5.41) is 10.8. The highest BCUT2D eigenvalue weighted by Gasteiger charge is 2.47. The van der Waals surface area contributed by atoms with Crippen molar-refractivity contribution in [1.82, 2.24) is 4.98 Å². The van der Waals surface area contributed by atoms with Crippen LogP contribution in [-0.4, -0.2) is 21.8 Å². The first-order valence-electron chi connectivity index (χ1n) is 8.80. The number of nitrogens with zero attached hydrogens (tertiary/aromatic N) is 2. The summed E-state index contributed by atoms with van der Waals surface area (Å²) in [6, 6.07) is 12.8. The monoisotopic (exact) mass is 486 g/mol. The Morgan fingerprint density at radius 2 is 1.87 bits per heavy atom. The lowest BCUT2D eigenvalue weighted by Gasteiger charge is -2.25. The summed E-state index contributed by atoms with van der Waals surface area (Å²) >= 11 is 9.23. The molecule has 1 saturated heterocycles. The van der Waals surface area contributed by atoms with Crippen LogP contribution in [-0.2, 0) is 9.59 Å². The Balaban J connectivity index is 1.94. The van der Waals surface area contributed by atoms with Gasteiger partial charge < -0.3 is 5.11 Å². The summed E-state index contributed by atoms with van der Waals surface area (Å²) in [6.07, 6.45) is 3.06. The van der Waals surface area contributed by atoms with Crippen molar-refractivity contribution in [2.45, 2.75) is 6.04 Å². The van der Waals surface area contributed by atoms with Gasteiger partial charge in [-0.05, 0) is 42.0 Å². The molecule has 0 spiro atoms. The van der Waals surface area contributed by atoms with Gasteiger partial charge in [-0.25, -0.2) is 4.39 Å². The second-order valence-electron chi connectivity index (χ2n) is 6.56. The van der Waals surface area contributed by atoms with Crippen molar-refractivity contribution in [2.24, 2.45) is 0 Å². The fourth-order valence-corrected chi connectivity index (χ4v) is 3.79. The number of aliphatic hydroxyl groups excluding tert-OH is 1. The molecule has 30 heavy (non-hydrogen) atoms. The number of anilines is 1. The Kier molecular flexibility index (Phi) is 5.40. The number of Topliss-reactive ketones (excluding diaryl/α,β-unsaturated/α-hetero) is 1. The third-order valence-corrected chi connectivity index (χ3v) is 5.56. The maximum absolute atomic E-state index is 13.7. The molecule has 2 aromatic carbocycles. The lowest BCUT2D eigenvalue weighted by atomic mass is 9.96. The molecule has 0 radical (unpaired) electrons. The van der Waals surface area contributed by atoms with Crippen LogP contribution in [0.2, 0.25) is 5.02 Å². The van der Waals surface area contributed by atoms with E-state index in [1.165, 1.54) is 23.2 Å². The van der Waals surface area contributed by atoms with Crippen molar-refractivity contribution in [2.75, 3.05) is 4.90 Å². The fourth-order valence-electron chi connectivity index (χ4n) is 3.35. The molecule has 0 bridgehead atoms. The summed E-state index contributed by atoms with van der Waals surface area (Å²) < 4.78 is 14.5. The zero-order chi connectivity index (χ0) is 21.4. The van der Waals surface area contributed by atoms with Crippen LogP contribution >= 0.6 is 27.5 Å². The van der Waals surface area contributed by atoms with Crippen LogP contribution in [0.4, 0.5) is 10.1 Å². The van der Waals surface area contributed by atoms with E-state index in [-0.39, 0.29) is 22.0 Å². The molecule has 1 aromatic heterocycles.